The Morgan fingerprint density at radius 1 is 1.07 bits per heavy atom. The first-order valence-corrected chi connectivity index (χ1v) is 9.46. The summed E-state index contributed by atoms with van der Waals surface area (Å²) in [6, 6.07) is 25.2. The van der Waals surface area contributed by atoms with Gasteiger partial charge in [-0.05, 0) is 42.8 Å². The molecule has 1 heterocycles. The zero-order valence-corrected chi connectivity index (χ0v) is 16.4. The summed E-state index contributed by atoms with van der Waals surface area (Å²) in [5.41, 5.74) is 5.40. The molecule has 144 valence electrons. The summed E-state index contributed by atoms with van der Waals surface area (Å²) in [5, 5.41) is 19.0. The van der Waals surface area contributed by atoms with Crippen molar-refractivity contribution in [3.8, 4) is 17.9 Å². The predicted molar refractivity (Wildman–Crippen MR) is 116 cm³/mol. The van der Waals surface area contributed by atoms with Gasteiger partial charge in [0.1, 0.15) is 24.3 Å². The lowest BCUT2D eigenvalue weighted by Crippen LogP contribution is -1.99. The standard InChI is InChI=1S/C25H18N4O/c1-17-10-11-22-23(12-17)29-25(28-22)21(15-27)13-18-6-4-5-9-24(18)30-16-20-8-3-2-7-19(20)14-26/h2-13H,16H2,1H3,(H,28,29)/b21-13-. The topological polar surface area (TPSA) is 85.5 Å². The Hall–Kier alpha value is -4.35. The number of para-hydroxylation sites is 1. The number of rotatable bonds is 5. The summed E-state index contributed by atoms with van der Waals surface area (Å²) in [6.07, 6.45) is 1.76. The molecule has 5 heteroatoms. The Morgan fingerprint density at radius 2 is 1.87 bits per heavy atom. The molecular formula is C25H18N4O. The lowest BCUT2D eigenvalue weighted by Gasteiger charge is -2.10. The van der Waals surface area contributed by atoms with Crippen molar-refractivity contribution in [3.05, 3.63) is 94.8 Å². The van der Waals surface area contributed by atoms with Crippen molar-refractivity contribution in [1.82, 2.24) is 9.97 Å². The third kappa shape index (κ3) is 3.92. The summed E-state index contributed by atoms with van der Waals surface area (Å²) in [4.78, 5) is 7.77. The SMILES string of the molecule is Cc1ccc2nc(/C(C#N)=C\c3ccccc3OCc3ccccc3C#N)[nH]c2c1. The van der Waals surface area contributed by atoms with E-state index in [-0.39, 0.29) is 6.61 Å². The Balaban J connectivity index is 1.65. The lowest BCUT2D eigenvalue weighted by atomic mass is 10.1. The van der Waals surface area contributed by atoms with Gasteiger partial charge < -0.3 is 9.72 Å². The van der Waals surface area contributed by atoms with Crippen LogP contribution >= 0.6 is 0 Å². The third-order valence-electron chi connectivity index (χ3n) is 4.75. The maximum absolute atomic E-state index is 9.73. The van der Waals surface area contributed by atoms with Crippen molar-refractivity contribution in [1.29, 1.82) is 10.5 Å². The van der Waals surface area contributed by atoms with Crippen molar-refractivity contribution in [2.75, 3.05) is 0 Å². The Morgan fingerprint density at radius 3 is 2.70 bits per heavy atom. The molecule has 3 aromatic carbocycles. The molecule has 5 nitrogen and oxygen atoms in total. The van der Waals surface area contributed by atoms with E-state index < -0.39 is 0 Å². The van der Waals surface area contributed by atoms with Gasteiger partial charge in [-0.2, -0.15) is 10.5 Å². The van der Waals surface area contributed by atoms with E-state index in [4.69, 9.17) is 4.74 Å². The summed E-state index contributed by atoms with van der Waals surface area (Å²) in [6.45, 7) is 2.28. The number of aryl methyl sites for hydroxylation is 1. The molecule has 0 radical (unpaired) electrons. The molecule has 0 atom stereocenters. The van der Waals surface area contributed by atoms with Gasteiger partial charge in [-0.25, -0.2) is 4.98 Å². The smallest absolute Gasteiger partial charge is 0.149 e. The van der Waals surface area contributed by atoms with E-state index in [0.29, 0.717) is 22.7 Å². The molecule has 0 fully saturated rings. The second kappa shape index (κ2) is 8.34. The molecule has 0 aliphatic carbocycles. The first-order valence-electron chi connectivity index (χ1n) is 9.46. The van der Waals surface area contributed by atoms with Crippen LogP contribution in [0.1, 0.15) is 28.1 Å². The van der Waals surface area contributed by atoms with E-state index in [0.717, 1.165) is 27.7 Å². The minimum absolute atomic E-state index is 0.264. The number of nitrogens with zero attached hydrogens (tertiary/aromatic N) is 3. The Labute approximate surface area is 174 Å². The van der Waals surface area contributed by atoms with Crippen LogP contribution in [0.25, 0.3) is 22.7 Å². The average molecular weight is 390 g/mol. The molecule has 0 aliphatic heterocycles. The molecule has 0 spiro atoms. The van der Waals surface area contributed by atoms with E-state index in [2.05, 4.69) is 22.1 Å². The van der Waals surface area contributed by atoms with Gasteiger partial charge in [-0.15, -0.1) is 0 Å². The summed E-state index contributed by atoms with van der Waals surface area (Å²) in [7, 11) is 0. The van der Waals surface area contributed by atoms with Crippen molar-refractivity contribution in [2.24, 2.45) is 0 Å². The quantitative estimate of drug-likeness (QED) is 0.463. The van der Waals surface area contributed by atoms with Crippen molar-refractivity contribution >= 4 is 22.7 Å². The van der Waals surface area contributed by atoms with E-state index in [1.165, 1.54) is 0 Å². The number of ether oxygens (including phenoxy) is 1. The minimum Gasteiger partial charge on any atom is -0.488 e. The number of nitriles is 2. The highest BCUT2D eigenvalue weighted by molar-refractivity contribution is 5.91. The van der Waals surface area contributed by atoms with E-state index >= 15 is 0 Å². The second-order valence-electron chi connectivity index (χ2n) is 6.87. The highest BCUT2D eigenvalue weighted by Crippen LogP contribution is 2.26. The van der Waals surface area contributed by atoms with Crippen LogP contribution in [0, 0.1) is 29.6 Å². The van der Waals surface area contributed by atoms with Crippen molar-refractivity contribution in [2.45, 2.75) is 13.5 Å². The molecule has 4 aromatic rings. The fraction of sp³-hybridized carbons (Fsp3) is 0.0800. The van der Waals surface area contributed by atoms with Crippen LogP contribution in [0.3, 0.4) is 0 Å². The van der Waals surface area contributed by atoms with Gasteiger partial charge >= 0.3 is 0 Å². The van der Waals surface area contributed by atoms with Crippen LogP contribution in [0.5, 0.6) is 5.75 Å². The normalized spacial score (nSPS) is 11.1. The molecule has 0 bridgehead atoms. The fourth-order valence-corrected chi connectivity index (χ4v) is 3.20. The third-order valence-corrected chi connectivity index (χ3v) is 4.75. The number of nitrogens with one attached hydrogen (secondary N) is 1. The van der Waals surface area contributed by atoms with E-state index in [9.17, 15) is 10.5 Å². The first-order chi connectivity index (χ1) is 14.7. The summed E-state index contributed by atoms with van der Waals surface area (Å²) >= 11 is 0. The maximum atomic E-state index is 9.73. The minimum atomic E-state index is 0.264. The highest BCUT2D eigenvalue weighted by Gasteiger charge is 2.10. The molecule has 4 rings (SSSR count). The number of imidazole rings is 1. The zero-order chi connectivity index (χ0) is 20.9. The van der Waals surface area contributed by atoms with Gasteiger partial charge in [0.05, 0.1) is 28.2 Å². The van der Waals surface area contributed by atoms with Crippen LogP contribution < -0.4 is 4.74 Å². The number of allylic oxidation sites excluding steroid dienone is 1. The molecule has 0 aliphatic rings. The van der Waals surface area contributed by atoms with Gasteiger partial charge in [0, 0.05) is 11.1 Å². The molecule has 0 saturated carbocycles. The van der Waals surface area contributed by atoms with Crippen molar-refractivity contribution < 1.29 is 4.74 Å². The van der Waals surface area contributed by atoms with Crippen LogP contribution in [0.2, 0.25) is 0 Å². The van der Waals surface area contributed by atoms with E-state index in [1.54, 1.807) is 12.1 Å². The van der Waals surface area contributed by atoms with Gasteiger partial charge in [0.2, 0.25) is 0 Å². The predicted octanol–water partition coefficient (Wildman–Crippen LogP) is 5.39. The van der Waals surface area contributed by atoms with Gasteiger partial charge in [-0.3, -0.25) is 0 Å². The average Bonchev–Trinajstić information content (AvgIpc) is 3.19. The summed E-state index contributed by atoms with van der Waals surface area (Å²) in [5.74, 6) is 1.15. The number of hydrogen-bond acceptors (Lipinski definition) is 4. The number of hydrogen-bond donors (Lipinski definition) is 1. The van der Waals surface area contributed by atoms with Crippen LogP contribution in [-0.4, -0.2) is 9.97 Å². The van der Waals surface area contributed by atoms with E-state index in [1.807, 2.05) is 67.6 Å². The molecular weight excluding hydrogens is 372 g/mol. The Bertz CT molecular complexity index is 1340. The monoisotopic (exact) mass is 390 g/mol. The number of benzene rings is 3. The molecule has 30 heavy (non-hydrogen) atoms. The van der Waals surface area contributed by atoms with Crippen LogP contribution in [0.15, 0.2) is 66.7 Å². The molecule has 0 saturated heterocycles. The lowest BCUT2D eigenvalue weighted by molar-refractivity contribution is 0.305. The molecule has 1 N–H and O–H groups in total. The van der Waals surface area contributed by atoms with Crippen molar-refractivity contribution in [3.63, 3.8) is 0 Å². The fourth-order valence-electron chi connectivity index (χ4n) is 3.20. The molecule has 0 unspecified atom stereocenters. The highest BCUT2D eigenvalue weighted by atomic mass is 16.5. The maximum Gasteiger partial charge on any atom is 0.149 e. The number of aromatic nitrogens is 2. The largest absolute Gasteiger partial charge is 0.488 e. The molecule has 0 amide bonds. The number of fused-ring (bicyclic) bond motifs is 1. The Kier molecular flexibility index (Phi) is 5.28. The van der Waals surface area contributed by atoms with Crippen LogP contribution in [0.4, 0.5) is 0 Å². The number of H-pyrrole nitrogens is 1. The molecule has 1 aromatic heterocycles. The van der Waals surface area contributed by atoms with Gasteiger partial charge in [0.25, 0.3) is 0 Å². The first kappa shape index (κ1) is 19.0. The van der Waals surface area contributed by atoms with Gasteiger partial charge in [0.15, 0.2) is 0 Å². The van der Waals surface area contributed by atoms with Crippen LogP contribution in [-0.2, 0) is 6.61 Å². The van der Waals surface area contributed by atoms with Gasteiger partial charge in [-0.1, -0.05) is 42.5 Å². The second-order valence-corrected chi connectivity index (χ2v) is 6.87. The zero-order valence-electron chi connectivity index (χ0n) is 16.4. The number of aromatic amines is 1. The summed E-state index contributed by atoms with van der Waals surface area (Å²) < 4.78 is 5.99.